The predicted octanol–water partition coefficient (Wildman–Crippen LogP) is 6.73. The second-order valence-electron chi connectivity index (χ2n) is 8.50. The second-order valence-corrected chi connectivity index (χ2v) is 9.33. The molecule has 1 atom stereocenters. The third kappa shape index (κ3) is 4.23. The van der Waals surface area contributed by atoms with Gasteiger partial charge in [-0.1, -0.05) is 43.7 Å². The summed E-state index contributed by atoms with van der Waals surface area (Å²) in [6, 6.07) is 12.3. The lowest BCUT2D eigenvalue weighted by molar-refractivity contribution is -0.137. The van der Waals surface area contributed by atoms with Gasteiger partial charge in [0.2, 0.25) is 0 Å². The zero-order valence-electron chi connectivity index (χ0n) is 17.3. The lowest BCUT2D eigenvalue weighted by atomic mass is 9.86. The Labute approximate surface area is 190 Å². The van der Waals surface area contributed by atoms with Crippen LogP contribution < -0.4 is 4.90 Å². The predicted molar refractivity (Wildman–Crippen MR) is 123 cm³/mol. The van der Waals surface area contributed by atoms with Gasteiger partial charge in [-0.15, -0.1) is 0 Å². The van der Waals surface area contributed by atoms with Crippen molar-refractivity contribution in [2.24, 2.45) is 10.4 Å². The highest BCUT2D eigenvalue weighted by Crippen LogP contribution is 2.43. The fourth-order valence-electron chi connectivity index (χ4n) is 4.40. The summed E-state index contributed by atoms with van der Waals surface area (Å²) in [5.74, 6) is 0.651. The molecule has 0 radical (unpaired) electrons. The molecule has 1 unspecified atom stereocenters. The van der Waals surface area contributed by atoms with Crippen molar-refractivity contribution in [3.63, 3.8) is 0 Å². The normalized spacial score (nSPS) is 23.2. The molecule has 2 heterocycles. The van der Waals surface area contributed by atoms with Crippen molar-refractivity contribution in [3.8, 4) is 0 Å². The number of amidine groups is 1. The molecule has 0 bridgehead atoms. The van der Waals surface area contributed by atoms with E-state index >= 15 is 0 Å². The Morgan fingerprint density at radius 1 is 1.06 bits per heavy atom. The lowest BCUT2D eigenvalue weighted by Gasteiger charge is -2.32. The van der Waals surface area contributed by atoms with E-state index in [-0.39, 0.29) is 6.04 Å². The van der Waals surface area contributed by atoms with Crippen LogP contribution in [0.15, 0.2) is 53.5 Å². The van der Waals surface area contributed by atoms with Crippen molar-refractivity contribution in [3.05, 3.63) is 59.1 Å². The van der Waals surface area contributed by atoms with E-state index in [1.54, 1.807) is 35.2 Å². The number of halogens is 4. The molecule has 0 saturated carbocycles. The molecule has 2 aliphatic rings. The number of thiocarbonyl (C=S) groups is 1. The number of likely N-dealkylation sites (tertiary alicyclic amines) is 1. The topological polar surface area (TPSA) is 18.8 Å². The highest BCUT2D eigenvalue weighted by Gasteiger charge is 2.52. The molecule has 2 saturated heterocycles. The fraction of sp³-hybridized carbons (Fsp3) is 0.391. The van der Waals surface area contributed by atoms with E-state index in [9.17, 15) is 13.2 Å². The quantitative estimate of drug-likeness (QED) is 0.468. The Morgan fingerprint density at radius 2 is 1.71 bits per heavy atom. The number of anilines is 1. The molecule has 0 aromatic heterocycles. The van der Waals surface area contributed by atoms with Gasteiger partial charge in [0.25, 0.3) is 0 Å². The minimum absolute atomic E-state index is 0.132. The summed E-state index contributed by atoms with van der Waals surface area (Å²) in [4.78, 5) is 9.53. The number of hydrogen-bond donors (Lipinski definition) is 0. The van der Waals surface area contributed by atoms with Crippen molar-refractivity contribution in [2.45, 2.75) is 38.9 Å². The van der Waals surface area contributed by atoms with Crippen LogP contribution in [0.1, 0.15) is 32.3 Å². The average molecular weight is 466 g/mol. The van der Waals surface area contributed by atoms with Crippen LogP contribution in [-0.2, 0) is 6.18 Å². The van der Waals surface area contributed by atoms with E-state index in [1.807, 2.05) is 13.8 Å². The Bertz CT molecular complexity index is 1010. The van der Waals surface area contributed by atoms with Gasteiger partial charge in [0.15, 0.2) is 0 Å². The lowest BCUT2D eigenvalue weighted by Crippen LogP contribution is -2.46. The molecular formula is C23H23ClF3N3S. The highest BCUT2D eigenvalue weighted by molar-refractivity contribution is 7.80. The number of alkyl halides is 3. The minimum atomic E-state index is -4.44. The standard InChI is InChI=1S/C23H23ClF3N3S/c1-22(2)19(29-12-3-4-13-29)20(28-17-10-8-16(24)9-11-17)30(21(22)31)18-7-5-6-15(14-18)23(25,26)27/h5-11,14,19H,3-4,12-13H2,1-2H3. The zero-order valence-corrected chi connectivity index (χ0v) is 18.9. The molecule has 0 spiro atoms. The molecule has 4 rings (SSSR count). The van der Waals surface area contributed by atoms with Crippen LogP contribution in [0.2, 0.25) is 5.02 Å². The second kappa shape index (κ2) is 8.19. The molecule has 0 N–H and O–H groups in total. The maximum atomic E-state index is 13.4. The van der Waals surface area contributed by atoms with Crippen LogP contribution >= 0.6 is 23.8 Å². The van der Waals surface area contributed by atoms with Gasteiger partial charge in [0.05, 0.1) is 22.3 Å². The third-order valence-electron chi connectivity index (χ3n) is 5.92. The summed E-state index contributed by atoms with van der Waals surface area (Å²) >= 11 is 11.9. The molecule has 164 valence electrons. The van der Waals surface area contributed by atoms with Crippen molar-refractivity contribution in [1.29, 1.82) is 0 Å². The van der Waals surface area contributed by atoms with Crippen molar-refractivity contribution in [2.75, 3.05) is 18.0 Å². The molecule has 31 heavy (non-hydrogen) atoms. The van der Waals surface area contributed by atoms with E-state index in [0.717, 1.165) is 38.1 Å². The first-order valence-electron chi connectivity index (χ1n) is 10.2. The van der Waals surface area contributed by atoms with Crippen LogP contribution in [0.5, 0.6) is 0 Å². The molecule has 3 nitrogen and oxygen atoms in total. The van der Waals surface area contributed by atoms with Gasteiger partial charge in [0, 0.05) is 16.1 Å². The van der Waals surface area contributed by atoms with Crippen molar-refractivity contribution >= 4 is 46.0 Å². The Kier molecular flexibility index (Phi) is 5.87. The van der Waals surface area contributed by atoms with Gasteiger partial charge >= 0.3 is 6.18 Å². The van der Waals surface area contributed by atoms with Gasteiger partial charge in [-0.05, 0) is 68.4 Å². The summed E-state index contributed by atoms with van der Waals surface area (Å²) in [5.41, 5.74) is -0.122. The number of rotatable bonds is 3. The first-order valence-corrected chi connectivity index (χ1v) is 11.0. The molecule has 8 heteroatoms. The molecule has 2 aliphatic heterocycles. The summed E-state index contributed by atoms with van der Waals surface area (Å²) in [5, 5.41) is 0.594. The Morgan fingerprint density at radius 3 is 2.32 bits per heavy atom. The van der Waals surface area contributed by atoms with Gasteiger partial charge in [0.1, 0.15) is 5.84 Å². The largest absolute Gasteiger partial charge is 0.416 e. The summed E-state index contributed by atoms with van der Waals surface area (Å²) < 4.78 is 40.2. The van der Waals surface area contributed by atoms with Crippen LogP contribution in [0.3, 0.4) is 0 Å². The minimum Gasteiger partial charge on any atom is -0.293 e. The number of nitrogens with zero attached hydrogens (tertiary/aromatic N) is 3. The van der Waals surface area contributed by atoms with E-state index in [4.69, 9.17) is 28.8 Å². The van der Waals surface area contributed by atoms with E-state index in [1.165, 1.54) is 6.07 Å². The smallest absolute Gasteiger partial charge is 0.293 e. The number of aliphatic imine (C=N–C) groups is 1. The average Bonchev–Trinajstić information content (AvgIpc) is 3.29. The zero-order chi connectivity index (χ0) is 22.4. The van der Waals surface area contributed by atoms with Crippen molar-refractivity contribution < 1.29 is 13.2 Å². The van der Waals surface area contributed by atoms with Gasteiger partial charge < -0.3 is 0 Å². The first-order chi connectivity index (χ1) is 14.6. The first kappa shape index (κ1) is 22.2. The molecule has 2 aromatic rings. The third-order valence-corrected chi connectivity index (χ3v) is 6.88. The van der Waals surface area contributed by atoms with E-state index in [2.05, 4.69) is 4.90 Å². The molecule has 2 aromatic carbocycles. The van der Waals surface area contributed by atoms with Crippen LogP contribution in [0.4, 0.5) is 24.5 Å². The Balaban J connectivity index is 1.87. The van der Waals surface area contributed by atoms with Gasteiger partial charge in [-0.25, -0.2) is 4.99 Å². The molecule has 0 amide bonds. The van der Waals surface area contributed by atoms with Crippen molar-refractivity contribution in [1.82, 2.24) is 4.90 Å². The fourth-order valence-corrected chi connectivity index (χ4v) is 4.84. The van der Waals surface area contributed by atoms with E-state index in [0.29, 0.717) is 27.2 Å². The summed E-state index contributed by atoms with van der Waals surface area (Å²) in [7, 11) is 0. The van der Waals surface area contributed by atoms with Crippen LogP contribution in [0.25, 0.3) is 0 Å². The molecule has 2 fully saturated rings. The molecule has 0 aliphatic carbocycles. The van der Waals surface area contributed by atoms with Crippen LogP contribution in [-0.4, -0.2) is 34.9 Å². The number of hydrogen-bond acceptors (Lipinski definition) is 3. The summed E-state index contributed by atoms with van der Waals surface area (Å²) in [6.07, 6.45) is -2.27. The maximum Gasteiger partial charge on any atom is 0.416 e. The highest BCUT2D eigenvalue weighted by atomic mass is 35.5. The van der Waals surface area contributed by atoms with E-state index < -0.39 is 17.2 Å². The van der Waals surface area contributed by atoms with Gasteiger partial charge in [-0.3, -0.25) is 9.80 Å². The van der Waals surface area contributed by atoms with Gasteiger partial charge in [-0.2, -0.15) is 13.2 Å². The summed E-state index contributed by atoms with van der Waals surface area (Å²) in [6.45, 7) is 5.91. The maximum absolute atomic E-state index is 13.4. The van der Waals surface area contributed by atoms with Crippen LogP contribution in [0, 0.1) is 5.41 Å². The number of benzene rings is 2. The Hall–Kier alpha value is -1.96. The monoisotopic (exact) mass is 465 g/mol. The molecular weight excluding hydrogens is 443 g/mol. The SMILES string of the molecule is CC1(C)C(=S)N(c2cccc(C(F)(F)F)c2)C(=Nc2ccc(Cl)cc2)C1N1CCCC1.